The van der Waals surface area contributed by atoms with Crippen LogP contribution in [0.5, 0.6) is 0 Å². The largest absolute Gasteiger partial charge is 0.460 e. The van der Waals surface area contributed by atoms with E-state index in [1.54, 1.807) is 27.7 Å². The van der Waals surface area contributed by atoms with Crippen LogP contribution >= 0.6 is 0 Å². The highest BCUT2D eigenvalue weighted by Gasteiger charge is 2.45. The summed E-state index contributed by atoms with van der Waals surface area (Å²) in [6.45, 7) is 11.3. The van der Waals surface area contributed by atoms with Crippen LogP contribution in [0.15, 0.2) is 30.3 Å². The molecule has 2 unspecified atom stereocenters. The number of hydrogen-bond acceptors (Lipinski definition) is 5. The van der Waals surface area contributed by atoms with E-state index in [9.17, 15) is 14.4 Å². The van der Waals surface area contributed by atoms with Crippen molar-refractivity contribution in [2.24, 2.45) is 11.8 Å². The lowest BCUT2D eigenvalue weighted by Gasteiger charge is -2.27. The van der Waals surface area contributed by atoms with E-state index >= 15 is 0 Å². The number of carbonyl (C=O) groups excluding carboxylic acids is 3. The first kappa shape index (κ1) is 22.9. The summed E-state index contributed by atoms with van der Waals surface area (Å²) in [4.78, 5) is 39.4. The first-order valence-corrected chi connectivity index (χ1v) is 10.3. The fourth-order valence-corrected chi connectivity index (χ4v) is 3.55. The molecule has 0 saturated carbocycles. The Balaban J connectivity index is 2.20. The van der Waals surface area contributed by atoms with Crippen LogP contribution < -0.4 is 0 Å². The van der Waals surface area contributed by atoms with Crippen molar-refractivity contribution < 1.29 is 23.9 Å². The Morgan fingerprint density at radius 2 is 1.83 bits per heavy atom. The SMILES string of the molecule is CC[C@@H](C)C[C@@H](CC(=O)OC(C)(C)C)C(=O)N1C(=O)OC(c2ccccc2)C1C. The van der Waals surface area contributed by atoms with Gasteiger partial charge >= 0.3 is 12.1 Å². The zero-order valence-corrected chi connectivity index (χ0v) is 18.3. The Morgan fingerprint density at radius 3 is 2.38 bits per heavy atom. The molecule has 1 saturated heterocycles. The maximum Gasteiger partial charge on any atom is 0.417 e. The maximum atomic E-state index is 13.3. The number of carbonyl (C=O) groups is 3. The molecule has 0 bridgehead atoms. The third kappa shape index (κ3) is 6.05. The summed E-state index contributed by atoms with van der Waals surface area (Å²) in [5.74, 6) is -1.18. The van der Waals surface area contributed by atoms with E-state index in [-0.39, 0.29) is 18.2 Å². The molecule has 0 N–H and O–H groups in total. The molecule has 1 fully saturated rings. The van der Waals surface area contributed by atoms with Gasteiger partial charge in [-0.1, -0.05) is 50.6 Å². The Hall–Kier alpha value is -2.37. The first-order chi connectivity index (χ1) is 13.5. The summed E-state index contributed by atoms with van der Waals surface area (Å²) in [7, 11) is 0. The molecular formula is C23H33NO5. The van der Waals surface area contributed by atoms with E-state index in [1.165, 1.54) is 4.90 Å². The average molecular weight is 404 g/mol. The van der Waals surface area contributed by atoms with Crippen molar-refractivity contribution in [3.05, 3.63) is 35.9 Å². The minimum atomic E-state index is -0.658. The molecule has 0 aliphatic carbocycles. The van der Waals surface area contributed by atoms with Crippen LogP contribution in [0.4, 0.5) is 4.79 Å². The van der Waals surface area contributed by atoms with Crippen molar-refractivity contribution in [3.63, 3.8) is 0 Å². The molecule has 0 radical (unpaired) electrons. The highest BCUT2D eigenvalue weighted by atomic mass is 16.6. The van der Waals surface area contributed by atoms with Gasteiger partial charge in [-0.3, -0.25) is 9.59 Å². The minimum Gasteiger partial charge on any atom is -0.460 e. The fraction of sp³-hybridized carbons (Fsp3) is 0.609. The van der Waals surface area contributed by atoms with E-state index in [0.29, 0.717) is 6.42 Å². The molecule has 160 valence electrons. The monoisotopic (exact) mass is 403 g/mol. The molecular weight excluding hydrogens is 370 g/mol. The van der Waals surface area contributed by atoms with E-state index in [0.717, 1.165) is 12.0 Å². The molecule has 1 aliphatic heterocycles. The normalized spacial score (nSPS) is 21.4. The number of esters is 1. The van der Waals surface area contributed by atoms with Crippen molar-refractivity contribution in [2.45, 2.75) is 78.6 Å². The van der Waals surface area contributed by atoms with Crippen molar-refractivity contribution in [2.75, 3.05) is 0 Å². The van der Waals surface area contributed by atoms with E-state index in [4.69, 9.17) is 9.47 Å². The second-order valence-corrected chi connectivity index (χ2v) is 8.90. The molecule has 1 aromatic rings. The van der Waals surface area contributed by atoms with Gasteiger partial charge in [0.1, 0.15) is 11.7 Å². The average Bonchev–Trinajstić information content (AvgIpc) is 2.94. The van der Waals surface area contributed by atoms with Crippen molar-refractivity contribution in [1.29, 1.82) is 0 Å². The fourth-order valence-electron chi connectivity index (χ4n) is 3.55. The Bertz CT molecular complexity index is 725. The van der Waals surface area contributed by atoms with Crippen molar-refractivity contribution >= 4 is 18.0 Å². The van der Waals surface area contributed by atoms with Gasteiger partial charge in [-0.2, -0.15) is 0 Å². The number of benzene rings is 1. The standard InChI is InChI=1S/C23H33NO5/c1-7-15(2)13-18(14-19(25)29-23(4,5)6)21(26)24-16(3)20(28-22(24)27)17-11-9-8-10-12-17/h8-12,15-16,18,20H,7,13-14H2,1-6H3/t15-,16?,18+,20?/m1/s1. The number of hydrogen-bond donors (Lipinski definition) is 0. The van der Waals surface area contributed by atoms with Gasteiger partial charge in [0.2, 0.25) is 5.91 Å². The van der Waals surface area contributed by atoms with E-state index < -0.39 is 35.7 Å². The third-order valence-electron chi connectivity index (χ3n) is 5.20. The van der Waals surface area contributed by atoms with Gasteiger partial charge in [-0.15, -0.1) is 0 Å². The van der Waals surface area contributed by atoms with Crippen LogP contribution in [0.3, 0.4) is 0 Å². The molecule has 0 aromatic heterocycles. The van der Waals surface area contributed by atoms with Crippen LogP contribution in [-0.2, 0) is 19.1 Å². The van der Waals surface area contributed by atoms with Gasteiger partial charge in [-0.05, 0) is 45.6 Å². The van der Waals surface area contributed by atoms with Gasteiger partial charge in [0.25, 0.3) is 0 Å². The number of nitrogens with zero attached hydrogens (tertiary/aromatic N) is 1. The maximum absolute atomic E-state index is 13.3. The molecule has 0 spiro atoms. The second kappa shape index (κ2) is 9.42. The van der Waals surface area contributed by atoms with Gasteiger partial charge in [0.05, 0.1) is 12.5 Å². The lowest BCUT2D eigenvalue weighted by atomic mass is 9.90. The number of imide groups is 1. The Kier molecular flexibility index (Phi) is 7.44. The molecule has 6 nitrogen and oxygen atoms in total. The highest BCUT2D eigenvalue weighted by Crippen LogP contribution is 2.34. The number of rotatable bonds is 7. The zero-order valence-electron chi connectivity index (χ0n) is 18.3. The quantitative estimate of drug-likeness (QED) is 0.607. The summed E-state index contributed by atoms with van der Waals surface area (Å²) < 4.78 is 10.9. The molecule has 29 heavy (non-hydrogen) atoms. The van der Waals surface area contributed by atoms with E-state index in [2.05, 4.69) is 0 Å². The van der Waals surface area contributed by atoms with Gasteiger partial charge in [0.15, 0.2) is 0 Å². The van der Waals surface area contributed by atoms with Crippen LogP contribution in [0.1, 0.15) is 72.5 Å². The Morgan fingerprint density at radius 1 is 1.21 bits per heavy atom. The lowest BCUT2D eigenvalue weighted by Crippen LogP contribution is -2.43. The molecule has 1 aliphatic rings. The third-order valence-corrected chi connectivity index (χ3v) is 5.20. The Labute approximate surface area is 173 Å². The number of ether oxygens (including phenoxy) is 2. The van der Waals surface area contributed by atoms with Gasteiger partial charge in [-0.25, -0.2) is 9.69 Å². The predicted molar refractivity (Wildman–Crippen MR) is 110 cm³/mol. The zero-order chi connectivity index (χ0) is 21.8. The summed E-state index contributed by atoms with van der Waals surface area (Å²) >= 11 is 0. The van der Waals surface area contributed by atoms with Crippen LogP contribution in [0.25, 0.3) is 0 Å². The topological polar surface area (TPSA) is 72.9 Å². The molecule has 6 heteroatoms. The number of cyclic esters (lactones) is 1. The highest BCUT2D eigenvalue weighted by molar-refractivity contribution is 5.96. The smallest absolute Gasteiger partial charge is 0.417 e. The number of amides is 2. The molecule has 2 amide bonds. The summed E-state index contributed by atoms with van der Waals surface area (Å²) in [6, 6.07) is 8.93. The minimum absolute atomic E-state index is 0.0487. The van der Waals surface area contributed by atoms with Crippen LogP contribution in [0, 0.1) is 11.8 Å². The summed E-state index contributed by atoms with van der Waals surface area (Å²) in [5.41, 5.74) is 0.216. The second-order valence-electron chi connectivity index (χ2n) is 8.90. The van der Waals surface area contributed by atoms with Crippen molar-refractivity contribution in [1.82, 2.24) is 4.90 Å². The molecule has 1 heterocycles. The molecule has 2 rings (SSSR count). The summed E-state index contributed by atoms with van der Waals surface area (Å²) in [6.07, 6.45) is 0.173. The van der Waals surface area contributed by atoms with Crippen LogP contribution in [-0.4, -0.2) is 34.5 Å². The first-order valence-electron chi connectivity index (χ1n) is 10.3. The lowest BCUT2D eigenvalue weighted by molar-refractivity contribution is -0.158. The van der Waals surface area contributed by atoms with Crippen molar-refractivity contribution in [3.8, 4) is 0 Å². The predicted octanol–water partition coefficient (Wildman–Crippen LogP) is 4.88. The molecule has 4 atom stereocenters. The van der Waals surface area contributed by atoms with Gasteiger partial charge in [0, 0.05) is 5.92 Å². The van der Waals surface area contributed by atoms with E-state index in [1.807, 2.05) is 44.2 Å². The van der Waals surface area contributed by atoms with Gasteiger partial charge < -0.3 is 9.47 Å². The molecule has 1 aromatic carbocycles. The van der Waals surface area contributed by atoms with Crippen LogP contribution in [0.2, 0.25) is 0 Å². The summed E-state index contributed by atoms with van der Waals surface area (Å²) in [5, 5.41) is 0.